The van der Waals surface area contributed by atoms with Crippen LogP contribution in [-0.2, 0) is 0 Å². The first-order valence-corrected chi connectivity index (χ1v) is 7.53. The number of nitrogens with zero attached hydrogens (tertiary/aromatic N) is 1. The van der Waals surface area contributed by atoms with E-state index in [0.29, 0.717) is 12.1 Å². The zero-order chi connectivity index (χ0) is 12.3. The fourth-order valence-electron chi connectivity index (χ4n) is 2.77. The van der Waals surface area contributed by atoms with Gasteiger partial charge in [-0.25, -0.2) is 0 Å². The lowest BCUT2D eigenvalue weighted by Gasteiger charge is -2.39. The Morgan fingerprint density at radius 1 is 1.53 bits per heavy atom. The Labute approximate surface area is 109 Å². The number of hydrogen-bond donors (Lipinski definition) is 1. The number of piperidine rings is 1. The monoisotopic (exact) mass is 252 g/mol. The SMILES string of the molecule is CC(C)NCC1CCCN(C)C1c1cccs1. The van der Waals surface area contributed by atoms with Crippen LogP contribution in [0.25, 0.3) is 0 Å². The van der Waals surface area contributed by atoms with Gasteiger partial charge in [0.2, 0.25) is 0 Å². The van der Waals surface area contributed by atoms with E-state index in [2.05, 4.69) is 48.6 Å². The first-order chi connectivity index (χ1) is 8.18. The summed E-state index contributed by atoms with van der Waals surface area (Å²) in [6, 6.07) is 5.68. The molecule has 1 aromatic rings. The second-order valence-corrected chi connectivity index (χ2v) is 6.39. The maximum absolute atomic E-state index is 3.61. The van der Waals surface area contributed by atoms with Crippen LogP contribution in [0, 0.1) is 5.92 Å². The predicted molar refractivity (Wildman–Crippen MR) is 75.6 cm³/mol. The minimum absolute atomic E-state index is 0.589. The summed E-state index contributed by atoms with van der Waals surface area (Å²) >= 11 is 1.90. The Morgan fingerprint density at radius 3 is 3.00 bits per heavy atom. The summed E-state index contributed by atoms with van der Waals surface area (Å²) < 4.78 is 0. The van der Waals surface area contributed by atoms with E-state index in [1.165, 1.54) is 24.3 Å². The molecule has 0 spiro atoms. The third kappa shape index (κ3) is 3.30. The van der Waals surface area contributed by atoms with Gasteiger partial charge in [0.25, 0.3) is 0 Å². The molecular formula is C14H24N2S. The molecule has 17 heavy (non-hydrogen) atoms. The van der Waals surface area contributed by atoms with Gasteiger partial charge in [-0.3, -0.25) is 4.90 Å². The van der Waals surface area contributed by atoms with E-state index < -0.39 is 0 Å². The van der Waals surface area contributed by atoms with E-state index >= 15 is 0 Å². The molecule has 2 heterocycles. The quantitative estimate of drug-likeness (QED) is 0.885. The van der Waals surface area contributed by atoms with Gasteiger partial charge < -0.3 is 5.32 Å². The molecule has 2 nitrogen and oxygen atoms in total. The summed E-state index contributed by atoms with van der Waals surface area (Å²) in [6.07, 6.45) is 2.69. The second kappa shape index (κ2) is 5.98. The van der Waals surface area contributed by atoms with Gasteiger partial charge in [0, 0.05) is 23.5 Å². The van der Waals surface area contributed by atoms with Crippen LogP contribution >= 0.6 is 11.3 Å². The van der Waals surface area contributed by atoms with Crippen molar-refractivity contribution in [1.82, 2.24) is 10.2 Å². The van der Waals surface area contributed by atoms with Gasteiger partial charge in [-0.05, 0) is 43.8 Å². The molecule has 1 aromatic heterocycles. The van der Waals surface area contributed by atoms with Crippen molar-refractivity contribution in [1.29, 1.82) is 0 Å². The Balaban J connectivity index is 2.06. The van der Waals surface area contributed by atoms with Gasteiger partial charge in [0.15, 0.2) is 0 Å². The molecule has 0 amide bonds. The summed E-state index contributed by atoms with van der Waals surface area (Å²) in [7, 11) is 2.27. The van der Waals surface area contributed by atoms with Crippen molar-refractivity contribution in [3.05, 3.63) is 22.4 Å². The highest BCUT2D eigenvalue weighted by Gasteiger charge is 2.30. The maximum atomic E-state index is 3.61. The van der Waals surface area contributed by atoms with Crippen LogP contribution in [0.4, 0.5) is 0 Å². The topological polar surface area (TPSA) is 15.3 Å². The fourth-order valence-corrected chi connectivity index (χ4v) is 3.75. The molecule has 0 aliphatic carbocycles. The van der Waals surface area contributed by atoms with Gasteiger partial charge >= 0.3 is 0 Å². The van der Waals surface area contributed by atoms with Crippen molar-refractivity contribution >= 4 is 11.3 Å². The van der Waals surface area contributed by atoms with Crippen molar-refractivity contribution < 1.29 is 0 Å². The van der Waals surface area contributed by atoms with Gasteiger partial charge in [-0.1, -0.05) is 19.9 Å². The summed E-state index contributed by atoms with van der Waals surface area (Å²) in [5.41, 5.74) is 0. The predicted octanol–water partition coefficient (Wildman–Crippen LogP) is 3.13. The third-order valence-corrected chi connectivity index (χ3v) is 4.57. The maximum Gasteiger partial charge on any atom is 0.0478 e. The number of thiophene rings is 1. The Bertz CT molecular complexity index is 321. The smallest absolute Gasteiger partial charge is 0.0478 e. The van der Waals surface area contributed by atoms with Gasteiger partial charge in [-0.2, -0.15) is 0 Å². The molecule has 0 bridgehead atoms. The molecule has 0 aromatic carbocycles. The van der Waals surface area contributed by atoms with Crippen LogP contribution in [0.3, 0.4) is 0 Å². The highest BCUT2D eigenvalue weighted by molar-refractivity contribution is 7.10. The van der Waals surface area contributed by atoms with Crippen LogP contribution in [-0.4, -0.2) is 31.1 Å². The zero-order valence-corrected chi connectivity index (χ0v) is 12.0. The fraction of sp³-hybridized carbons (Fsp3) is 0.714. The van der Waals surface area contributed by atoms with Crippen molar-refractivity contribution in [3.8, 4) is 0 Å². The standard InChI is InChI=1S/C14H24N2S/c1-11(2)15-10-12-6-4-8-16(3)14(12)13-7-5-9-17-13/h5,7,9,11-12,14-15H,4,6,8,10H2,1-3H3. The van der Waals surface area contributed by atoms with Crippen molar-refractivity contribution in [2.24, 2.45) is 5.92 Å². The Kier molecular flexibility index (Phi) is 4.60. The van der Waals surface area contributed by atoms with Crippen molar-refractivity contribution in [2.75, 3.05) is 20.1 Å². The molecule has 2 rings (SSSR count). The van der Waals surface area contributed by atoms with E-state index in [9.17, 15) is 0 Å². The molecule has 2 unspecified atom stereocenters. The molecule has 1 aliphatic rings. The molecule has 3 heteroatoms. The number of likely N-dealkylation sites (tertiary alicyclic amines) is 1. The lowest BCUT2D eigenvalue weighted by Crippen LogP contribution is -2.41. The zero-order valence-electron chi connectivity index (χ0n) is 11.1. The lowest BCUT2D eigenvalue weighted by molar-refractivity contribution is 0.121. The molecule has 0 saturated carbocycles. The van der Waals surface area contributed by atoms with E-state index in [0.717, 1.165) is 12.5 Å². The average molecular weight is 252 g/mol. The van der Waals surface area contributed by atoms with Crippen LogP contribution < -0.4 is 5.32 Å². The van der Waals surface area contributed by atoms with E-state index in [4.69, 9.17) is 0 Å². The van der Waals surface area contributed by atoms with E-state index in [1.807, 2.05) is 11.3 Å². The van der Waals surface area contributed by atoms with Crippen LogP contribution in [0.2, 0.25) is 0 Å². The summed E-state index contributed by atoms with van der Waals surface area (Å²) in [5, 5.41) is 5.80. The van der Waals surface area contributed by atoms with E-state index in [1.54, 1.807) is 0 Å². The Hall–Kier alpha value is -0.380. The molecule has 1 saturated heterocycles. The van der Waals surface area contributed by atoms with Crippen molar-refractivity contribution in [2.45, 2.75) is 38.8 Å². The number of rotatable bonds is 4. The Morgan fingerprint density at radius 2 is 2.35 bits per heavy atom. The number of nitrogens with one attached hydrogen (secondary N) is 1. The molecule has 0 radical (unpaired) electrons. The molecule has 96 valence electrons. The highest BCUT2D eigenvalue weighted by Crippen LogP contribution is 2.36. The van der Waals surface area contributed by atoms with Crippen molar-refractivity contribution in [3.63, 3.8) is 0 Å². The first-order valence-electron chi connectivity index (χ1n) is 6.65. The summed E-state index contributed by atoms with van der Waals surface area (Å²) in [4.78, 5) is 4.06. The minimum atomic E-state index is 0.589. The minimum Gasteiger partial charge on any atom is -0.314 e. The van der Waals surface area contributed by atoms with Gasteiger partial charge in [0.1, 0.15) is 0 Å². The van der Waals surface area contributed by atoms with E-state index in [-0.39, 0.29) is 0 Å². The highest BCUT2D eigenvalue weighted by atomic mass is 32.1. The number of hydrogen-bond acceptors (Lipinski definition) is 3. The summed E-state index contributed by atoms with van der Waals surface area (Å²) in [6.45, 7) is 6.84. The molecule has 1 N–H and O–H groups in total. The first kappa shape index (κ1) is 13.1. The van der Waals surface area contributed by atoms with Gasteiger partial charge in [-0.15, -0.1) is 11.3 Å². The van der Waals surface area contributed by atoms with Gasteiger partial charge in [0.05, 0.1) is 0 Å². The normalized spacial score (nSPS) is 26.6. The van der Waals surface area contributed by atoms with Crippen LogP contribution in [0.15, 0.2) is 17.5 Å². The van der Waals surface area contributed by atoms with Crippen LogP contribution in [0.5, 0.6) is 0 Å². The lowest BCUT2D eigenvalue weighted by atomic mass is 9.88. The molecule has 1 fully saturated rings. The second-order valence-electron chi connectivity index (χ2n) is 5.41. The average Bonchev–Trinajstić information content (AvgIpc) is 2.79. The largest absolute Gasteiger partial charge is 0.314 e. The molecule has 2 atom stereocenters. The molecule has 1 aliphatic heterocycles. The third-order valence-electron chi connectivity index (χ3n) is 3.63. The summed E-state index contributed by atoms with van der Waals surface area (Å²) in [5.74, 6) is 0.759. The van der Waals surface area contributed by atoms with Crippen LogP contribution in [0.1, 0.15) is 37.6 Å². The molecular weight excluding hydrogens is 228 g/mol.